The summed E-state index contributed by atoms with van der Waals surface area (Å²) in [5, 5.41) is 9.10. The number of carbonyl (C=O) groups excluding carboxylic acids is 2. The number of aromatic hydroxyl groups is 1. The fraction of sp³-hybridized carbons (Fsp3) is 0.429. The van der Waals surface area contributed by atoms with Crippen LogP contribution < -0.4 is 0 Å². The average Bonchev–Trinajstić information content (AvgIpc) is 2.28. The smallest absolute Gasteiger partial charge is 0.133 e. The maximum Gasteiger partial charge on any atom is 0.133 e. The Balaban J connectivity index is 2.23. The van der Waals surface area contributed by atoms with E-state index in [-0.39, 0.29) is 17.3 Å². The molecule has 0 aliphatic heterocycles. The first-order valence-electron chi connectivity index (χ1n) is 5.87. The zero-order valence-electron chi connectivity index (χ0n) is 10.1. The van der Waals surface area contributed by atoms with Crippen LogP contribution in [0.3, 0.4) is 0 Å². The highest BCUT2D eigenvalue weighted by atomic mass is 16.3. The molecule has 0 saturated heterocycles. The number of aryl methyl sites for hydroxylation is 1. The van der Waals surface area contributed by atoms with Crippen molar-refractivity contribution < 1.29 is 14.7 Å². The third-order valence-electron chi connectivity index (χ3n) is 2.61. The first-order valence-corrected chi connectivity index (χ1v) is 5.87. The fourth-order valence-electron chi connectivity index (χ4n) is 1.61. The molecule has 1 aromatic rings. The molecule has 1 N–H and O–H groups in total. The second kappa shape index (κ2) is 6.84. The topological polar surface area (TPSA) is 54.4 Å². The van der Waals surface area contributed by atoms with Gasteiger partial charge in [-0.2, -0.15) is 0 Å². The van der Waals surface area contributed by atoms with Gasteiger partial charge < -0.3 is 9.90 Å². The van der Waals surface area contributed by atoms with Crippen molar-refractivity contribution in [3.63, 3.8) is 0 Å². The molecule has 1 aromatic carbocycles. The highest BCUT2D eigenvalue weighted by Gasteiger charge is 2.04. The normalized spacial score (nSPS) is 10.2. The lowest BCUT2D eigenvalue weighted by atomic mass is 10.0. The molecule has 0 fully saturated rings. The molecule has 0 atom stereocenters. The van der Waals surface area contributed by atoms with Gasteiger partial charge in [-0.1, -0.05) is 12.1 Å². The van der Waals surface area contributed by atoms with Gasteiger partial charge in [-0.3, -0.25) is 4.79 Å². The van der Waals surface area contributed by atoms with E-state index in [4.69, 9.17) is 5.11 Å². The Labute approximate surface area is 101 Å². The summed E-state index contributed by atoms with van der Waals surface area (Å²) in [6.45, 7) is 1.54. The minimum absolute atomic E-state index is 0.135. The van der Waals surface area contributed by atoms with E-state index in [1.54, 1.807) is 19.1 Å². The van der Waals surface area contributed by atoms with Crippen LogP contribution in [0.15, 0.2) is 24.3 Å². The Hall–Kier alpha value is -1.64. The van der Waals surface area contributed by atoms with E-state index in [2.05, 4.69) is 0 Å². The Morgan fingerprint density at radius 2 is 1.71 bits per heavy atom. The summed E-state index contributed by atoms with van der Waals surface area (Å²) in [5.41, 5.74) is 1.04. The maximum atomic E-state index is 11.5. The van der Waals surface area contributed by atoms with Crippen molar-refractivity contribution in [2.45, 2.75) is 39.0 Å². The van der Waals surface area contributed by atoms with E-state index in [0.717, 1.165) is 5.56 Å². The molecule has 92 valence electrons. The van der Waals surface area contributed by atoms with Crippen LogP contribution in [0.25, 0.3) is 0 Å². The minimum atomic E-state index is 0.135. The second-order valence-electron chi connectivity index (χ2n) is 4.26. The number of hydrogen-bond donors (Lipinski definition) is 1. The number of rotatable bonds is 7. The van der Waals surface area contributed by atoms with E-state index in [0.29, 0.717) is 32.1 Å². The molecule has 0 amide bonds. The predicted octanol–water partition coefficient (Wildman–Crippen LogP) is 2.65. The monoisotopic (exact) mass is 234 g/mol. The molecule has 0 unspecified atom stereocenters. The van der Waals surface area contributed by atoms with Gasteiger partial charge in [-0.25, -0.2) is 0 Å². The maximum absolute atomic E-state index is 11.5. The second-order valence-corrected chi connectivity index (χ2v) is 4.26. The van der Waals surface area contributed by atoms with Crippen molar-refractivity contribution in [1.82, 2.24) is 0 Å². The SMILES string of the molecule is CC(=O)CCCC(=O)CCc1ccc(O)cc1. The van der Waals surface area contributed by atoms with Crippen molar-refractivity contribution in [3.05, 3.63) is 29.8 Å². The van der Waals surface area contributed by atoms with Crippen LogP contribution in [-0.4, -0.2) is 16.7 Å². The quantitative estimate of drug-likeness (QED) is 0.789. The molecule has 1 rings (SSSR count). The van der Waals surface area contributed by atoms with Gasteiger partial charge in [-0.15, -0.1) is 0 Å². The fourth-order valence-corrected chi connectivity index (χ4v) is 1.61. The van der Waals surface area contributed by atoms with Crippen LogP contribution >= 0.6 is 0 Å². The lowest BCUT2D eigenvalue weighted by molar-refractivity contribution is -0.119. The van der Waals surface area contributed by atoms with Crippen LogP contribution in [0.2, 0.25) is 0 Å². The molecule has 0 spiro atoms. The van der Waals surface area contributed by atoms with Crippen molar-refractivity contribution in [2.75, 3.05) is 0 Å². The van der Waals surface area contributed by atoms with E-state index in [1.807, 2.05) is 12.1 Å². The zero-order valence-corrected chi connectivity index (χ0v) is 10.1. The van der Waals surface area contributed by atoms with Gasteiger partial charge in [0.25, 0.3) is 0 Å². The van der Waals surface area contributed by atoms with Crippen molar-refractivity contribution in [1.29, 1.82) is 0 Å². The van der Waals surface area contributed by atoms with Gasteiger partial charge in [0, 0.05) is 19.3 Å². The molecule has 0 saturated carbocycles. The van der Waals surface area contributed by atoms with Gasteiger partial charge in [-0.05, 0) is 37.5 Å². The summed E-state index contributed by atoms with van der Waals surface area (Å²) in [5.74, 6) is 0.567. The van der Waals surface area contributed by atoms with Crippen molar-refractivity contribution in [2.24, 2.45) is 0 Å². The Kier molecular flexibility index (Phi) is 5.40. The molecule has 0 aromatic heterocycles. The largest absolute Gasteiger partial charge is 0.508 e. The van der Waals surface area contributed by atoms with E-state index in [9.17, 15) is 9.59 Å². The summed E-state index contributed by atoms with van der Waals surface area (Å²) < 4.78 is 0. The molecule has 0 heterocycles. The van der Waals surface area contributed by atoms with Crippen LogP contribution in [-0.2, 0) is 16.0 Å². The summed E-state index contributed by atoms with van der Waals surface area (Å²) >= 11 is 0. The number of phenols is 1. The molecule has 0 radical (unpaired) electrons. The molecule has 0 aliphatic rings. The van der Waals surface area contributed by atoms with Gasteiger partial charge in [0.05, 0.1) is 0 Å². The number of phenolic OH excluding ortho intramolecular Hbond substituents is 1. The molecular weight excluding hydrogens is 216 g/mol. The molecular formula is C14H18O3. The third-order valence-corrected chi connectivity index (χ3v) is 2.61. The standard InChI is InChI=1S/C14H18O3/c1-11(15)3-2-4-13(16)8-5-12-6-9-14(17)10-7-12/h6-7,9-10,17H,2-5,8H2,1H3. The lowest BCUT2D eigenvalue weighted by Crippen LogP contribution is -2.01. The van der Waals surface area contributed by atoms with E-state index < -0.39 is 0 Å². The molecule has 3 heteroatoms. The van der Waals surface area contributed by atoms with E-state index >= 15 is 0 Å². The number of benzene rings is 1. The molecule has 17 heavy (non-hydrogen) atoms. The highest BCUT2D eigenvalue weighted by molar-refractivity contribution is 5.80. The number of ketones is 2. The first kappa shape index (κ1) is 13.4. The minimum Gasteiger partial charge on any atom is -0.508 e. The van der Waals surface area contributed by atoms with Crippen molar-refractivity contribution in [3.8, 4) is 5.75 Å². The summed E-state index contributed by atoms with van der Waals surface area (Å²) in [6, 6.07) is 6.88. The van der Waals surface area contributed by atoms with Gasteiger partial charge in [0.15, 0.2) is 0 Å². The zero-order chi connectivity index (χ0) is 12.7. The summed E-state index contributed by atoms with van der Waals surface area (Å²) in [7, 11) is 0. The van der Waals surface area contributed by atoms with Crippen molar-refractivity contribution >= 4 is 11.6 Å². The number of hydrogen-bond acceptors (Lipinski definition) is 3. The van der Waals surface area contributed by atoms with E-state index in [1.165, 1.54) is 0 Å². The van der Waals surface area contributed by atoms with Gasteiger partial charge in [0.1, 0.15) is 17.3 Å². The van der Waals surface area contributed by atoms with Gasteiger partial charge in [0.2, 0.25) is 0 Å². The molecule has 0 bridgehead atoms. The average molecular weight is 234 g/mol. The first-order chi connectivity index (χ1) is 8.08. The third kappa shape index (κ3) is 5.85. The highest BCUT2D eigenvalue weighted by Crippen LogP contribution is 2.12. The molecule has 0 aliphatic carbocycles. The van der Waals surface area contributed by atoms with Crippen LogP contribution in [0.5, 0.6) is 5.75 Å². The van der Waals surface area contributed by atoms with Crippen LogP contribution in [0.4, 0.5) is 0 Å². The van der Waals surface area contributed by atoms with Crippen LogP contribution in [0.1, 0.15) is 38.2 Å². The van der Waals surface area contributed by atoms with Gasteiger partial charge >= 0.3 is 0 Å². The lowest BCUT2D eigenvalue weighted by Gasteiger charge is -2.01. The number of carbonyl (C=O) groups is 2. The molecule has 3 nitrogen and oxygen atoms in total. The van der Waals surface area contributed by atoms with Crippen LogP contribution in [0, 0.1) is 0 Å². The predicted molar refractivity (Wildman–Crippen MR) is 66.0 cm³/mol. The Morgan fingerprint density at radius 1 is 1.06 bits per heavy atom. The Bertz CT molecular complexity index is 379. The summed E-state index contributed by atoms with van der Waals surface area (Å²) in [6.07, 6.45) is 2.83. The summed E-state index contributed by atoms with van der Waals surface area (Å²) in [4.78, 5) is 22.2. The Morgan fingerprint density at radius 3 is 2.29 bits per heavy atom. The number of Topliss-reactive ketones (excluding diaryl/α,β-unsaturated/α-hetero) is 2.